The van der Waals surface area contributed by atoms with E-state index in [0.717, 1.165) is 43.7 Å². The van der Waals surface area contributed by atoms with Crippen LogP contribution >= 0.6 is 23.1 Å². The van der Waals surface area contributed by atoms with Crippen LogP contribution in [0.5, 0.6) is 0 Å². The largest absolute Gasteiger partial charge is 0.353 e. The van der Waals surface area contributed by atoms with Gasteiger partial charge < -0.3 is 9.88 Å². The van der Waals surface area contributed by atoms with Crippen LogP contribution in [0.25, 0.3) is 0 Å². The van der Waals surface area contributed by atoms with Crippen molar-refractivity contribution in [3.05, 3.63) is 34.8 Å². The van der Waals surface area contributed by atoms with E-state index in [0.29, 0.717) is 17.7 Å². The fraction of sp³-hybridized carbons (Fsp3) is 0.556. The van der Waals surface area contributed by atoms with Gasteiger partial charge in [0.1, 0.15) is 0 Å². The summed E-state index contributed by atoms with van der Waals surface area (Å²) in [5.74, 6) is 0.215. The molecule has 1 aliphatic carbocycles. The molecule has 0 bridgehead atoms. The summed E-state index contributed by atoms with van der Waals surface area (Å²) < 4.78 is 2.08. The van der Waals surface area contributed by atoms with E-state index in [2.05, 4.69) is 32.4 Å². The maximum atomic E-state index is 12.1. The summed E-state index contributed by atoms with van der Waals surface area (Å²) in [6.45, 7) is 0. The zero-order valence-electron chi connectivity index (χ0n) is 14.1. The molecule has 130 valence electrons. The Bertz CT molecular complexity index is 630. The van der Waals surface area contributed by atoms with Gasteiger partial charge in [-0.05, 0) is 50.0 Å². The van der Waals surface area contributed by atoms with Gasteiger partial charge in [-0.2, -0.15) is 0 Å². The molecule has 1 saturated carbocycles. The molecule has 4 nitrogen and oxygen atoms in total. The van der Waals surface area contributed by atoms with Crippen LogP contribution in [0, 0.1) is 0 Å². The summed E-state index contributed by atoms with van der Waals surface area (Å²) in [5.41, 5.74) is 0. The fourth-order valence-electron chi connectivity index (χ4n) is 3.12. The maximum Gasteiger partial charge on any atom is 0.220 e. The predicted molar refractivity (Wildman–Crippen MR) is 101 cm³/mol. The third kappa shape index (κ3) is 5.11. The number of amides is 1. The van der Waals surface area contributed by atoms with Crippen molar-refractivity contribution in [2.24, 2.45) is 7.05 Å². The van der Waals surface area contributed by atoms with Crippen LogP contribution in [-0.4, -0.2) is 26.8 Å². The van der Waals surface area contributed by atoms with Crippen molar-refractivity contribution in [3.63, 3.8) is 0 Å². The quantitative estimate of drug-likeness (QED) is 0.808. The Balaban J connectivity index is 1.33. The number of carbonyl (C=O) groups excluding carboxylic acids is 1. The third-order valence-electron chi connectivity index (χ3n) is 4.50. The van der Waals surface area contributed by atoms with E-state index in [1.807, 2.05) is 31.2 Å². The molecule has 1 N–H and O–H groups in total. The first-order chi connectivity index (χ1) is 11.7. The average Bonchev–Trinajstić information content (AvgIpc) is 3.22. The molecule has 3 rings (SSSR count). The van der Waals surface area contributed by atoms with Crippen molar-refractivity contribution < 1.29 is 4.79 Å². The Morgan fingerprint density at radius 2 is 2.25 bits per heavy atom. The van der Waals surface area contributed by atoms with Crippen LogP contribution in [0.4, 0.5) is 0 Å². The highest BCUT2D eigenvalue weighted by atomic mass is 32.2. The summed E-state index contributed by atoms with van der Waals surface area (Å²) in [6, 6.07) is 4.57. The first-order valence-electron chi connectivity index (χ1n) is 8.66. The molecule has 0 unspecified atom stereocenters. The van der Waals surface area contributed by atoms with Crippen LogP contribution < -0.4 is 5.32 Å². The lowest BCUT2D eigenvalue weighted by Gasteiger charge is -2.28. The monoisotopic (exact) mass is 363 g/mol. The van der Waals surface area contributed by atoms with Crippen LogP contribution in [0.1, 0.15) is 43.4 Å². The van der Waals surface area contributed by atoms with E-state index in [4.69, 9.17) is 0 Å². The first kappa shape index (κ1) is 17.5. The lowest BCUT2D eigenvalue weighted by Crippen LogP contribution is -2.38. The lowest BCUT2D eigenvalue weighted by atomic mass is 9.95. The summed E-state index contributed by atoms with van der Waals surface area (Å²) in [7, 11) is 2.04. The highest BCUT2D eigenvalue weighted by molar-refractivity contribution is 7.99. The Morgan fingerprint density at radius 3 is 2.92 bits per heavy atom. The van der Waals surface area contributed by atoms with Gasteiger partial charge in [0.25, 0.3) is 0 Å². The van der Waals surface area contributed by atoms with E-state index in [9.17, 15) is 4.79 Å². The second kappa shape index (κ2) is 8.72. The molecule has 2 aromatic heterocycles. The molecule has 2 aromatic rings. The van der Waals surface area contributed by atoms with E-state index in [1.165, 1.54) is 4.88 Å². The van der Waals surface area contributed by atoms with Crippen LogP contribution in [0.3, 0.4) is 0 Å². The molecule has 0 saturated heterocycles. The predicted octanol–water partition coefficient (Wildman–Crippen LogP) is 4.02. The smallest absolute Gasteiger partial charge is 0.220 e. The molecule has 0 aromatic carbocycles. The van der Waals surface area contributed by atoms with Gasteiger partial charge in [-0.25, -0.2) is 4.98 Å². The highest BCUT2D eigenvalue weighted by Gasteiger charge is 2.23. The summed E-state index contributed by atoms with van der Waals surface area (Å²) in [4.78, 5) is 17.9. The number of rotatable bonds is 7. The van der Waals surface area contributed by atoms with Crippen LogP contribution in [-0.2, 0) is 18.3 Å². The number of hydrogen-bond acceptors (Lipinski definition) is 4. The van der Waals surface area contributed by atoms with Crippen LogP contribution in [0.2, 0.25) is 0 Å². The molecule has 1 amide bonds. The van der Waals surface area contributed by atoms with E-state index in [1.54, 1.807) is 11.3 Å². The van der Waals surface area contributed by atoms with E-state index >= 15 is 0 Å². The minimum absolute atomic E-state index is 0.215. The van der Waals surface area contributed by atoms with Gasteiger partial charge in [-0.3, -0.25) is 4.79 Å². The zero-order valence-corrected chi connectivity index (χ0v) is 15.7. The van der Waals surface area contributed by atoms with Gasteiger partial charge >= 0.3 is 0 Å². The lowest BCUT2D eigenvalue weighted by molar-refractivity contribution is -0.122. The number of imidazole rings is 1. The molecule has 1 fully saturated rings. The summed E-state index contributed by atoms with van der Waals surface area (Å²) in [5, 5.41) is 7.04. The SMILES string of the molecule is Cn1ccnc1SC1CCC(NC(=O)CCCc2cccs2)CC1. The van der Waals surface area contributed by atoms with E-state index in [-0.39, 0.29) is 5.91 Å². The summed E-state index contributed by atoms with van der Waals surface area (Å²) >= 11 is 3.64. The van der Waals surface area contributed by atoms with Crippen molar-refractivity contribution in [2.75, 3.05) is 0 Å². The number of aromatic nitrogens is 2. The average molecular weight is 364 g/mol. The Morgan fingerprint density at radius 1 is 1.42 bits per heavy atom. The zero-order chi connectivity index (χ0) is 16.8. The van der Waals surface area contributed by atoms with Crippen LogP contribution in [0.15, 0.2) is 35.1 Å². The summed E-state index contributed by atoms with van der Waals surface area (Å²) in [6.07, 6.45) is 10.9. The molecule has 0 aliphatic heterocycles. The van der Waals surface area contributed by atoms with Crippen molar-refractivity contribution in [2.45, 2.75) is 61.4 Å². The fourth-order valence-corrected chi connectivity index (χ4v) is 5.02. The highest BCUT2D eigenvalue weighted by Crippen LogP contribution is 2.32. The Kier molecular flexibility index (Phi) is 6.37. The number of carbonyl (C=O) groups is 1. The normalized spacial score (nSPS) is 20.9. The van der Waals surface area contributed by atoms with Gasteiger partial charge in [0.15, 0.2) is 5.16 Å². The molecule has 2 heterocycles. The Labute approximate surface area is 152 Å². The van der Waals surface area contributed by atoms with Gasteiger partial charge in [-0.15, -0.1) is 11.3 Å². The van der Waals surface area contributed by atoms with Gasteiger partial charge in [0, 0.05) is 42.0 Å². The molecule has 0 radical (unpaired) electrons. The number of nitrogens with one attached hydrogen (secondary N) is 1. The third-order valence-corrected chi connectivity index (χ3v) is 6.84. The van der Waals surface area contributed by atoms with Crippen molar-refractivity contribution in [1.82, 2.24) is 14.9 Å². The van der Waals surface area contributed by atoms with Gasteiger partial charge in [0.05, 0.1) is 0 Å². The molecule has 0 spiro atoms. The Hall–Kier alpha value is -1.27. The number of nitrogens with zero attached hydrogens (tertiary/aromatic N) is 2. The molecule has 24 heavy (non-hydrogen) atoms. The van der Waals surface area contributed by atoms with Gasteiger partial charge in [0.2, 0.25) is 5.91 Å². The molecule has 1 aliphatic rings. The number of thiophene rings is 1. The topological polar surface area (TPSA) is 46.9 Å². The second-order valence-corrected chi connectivity index (χ2v) is 8.71. The molecular weight excluding hydrogens is 338 g/mol. The minimum Gasteiger partial charge on any atom is -0.353 e. The van der Waals surface area contributed by atoms with Crippen molar-refractivity contribution >= 4 is 29.0 Å². The molecular formula is C18H25N3OS2. The van der Waals surface area contributed by atoms with Gasteiger partial charge in [-0.1, -0.05) is 17.8 Å². The standard InChI is InChI=1S/C18H25N3OS2/c1-21-12-11-19-18(21)24-16-9-7-14(8-10-16)20-17(22)6-2-4-15-5-3-13-23-15/h3,5,11-14,16H,2,4,6-10H2,1H3,(H,20,22). The maximum absolute atomic E-state index is 12.1. The minimum atomic E-state index is 0.215. The second-order valence-electron chi connectivity index (χ2n) is 6.41. The van der Waals surface area contributed by atoms with Crippen molar-refractivity contribution in [1.29, 1.82) is 0 Å². The number of thioether (sulfide) groups is 1. The van der Waals surface area contributed by atoms with E-state index < -0.39 is 0 Å². The number of hydrogen-bond donors (Lipinski definition) is 1. The molecule has 6 heteroatoms. The molecule has 0 atom stereocenters. The number of aryl methyl sites for hydroxylation is 2. The first-order valence-corrected chi connectivity index (χ1v) is 10.4. The van der Waals surface area contributed by atoms with Crippen molar-refractivity contribution in [3.8, 4) is 0 Å².